The molecule has 5 heteroatoms. The van der Waals surface area contributed by atoms with Crippen LogP contribution in [0.3, 0.4) is 0 Å². The molecule has 3 aromatic rings. The van der Waals surface area contributed by atoms with Gasteiger partial charge in [0.25, 0.3) is 5.91 Å². The summed E-state index contributed by atoms with van der Waals surface area (Å²) in [4.78, 5) is 12.4. The summed E-state index contributed by atoms with van der Waals surface area (Å²) in [5, 5.41) is 7.28. The minimum absolute atomic E-state index is 0.223. The number of nitrogens with zero attached hydrogens (tertiary/aromatic N) is 2. The van der Waals surface area contributed by atoms with Crippen LogP contribution in [0.2, 0.25) is 0 Å². The molecule has 5 nitrogen and oxygen atoms in total. The van der Waals surface area contributed by atoms with Crippen LogP contribution >= 0.6 is 0 Å². The lowest BCUT2D eigenvalue weighted by Crippen LogP contribution is -2.25. The fourth-order valence-electron chi connectivity index (χ4n) is 2.60. The van der Waals surface area contributed by atoms with E-state index in [9.17, 15) is 4.79 Å². The molecule has 0 bridgehead atoms. The van der Waals surface area contributed by atoms with E-state index in [1.165, 1.54) is 5.56 Å². The molecule has 1 aromatic heterocycles. The van der Waals surface area contributed by atoms with Crippen LogP contribution < -0.4 is 10.1 Å². The summed E-state index contributed by atoms with van der Waals surface area (Å²) in [6.07, 6.45) is 3.52. The van der Waals surface area contributed by atoms with Crippen LogP contribution in [-0.2, 0) is 6.42 Å². The number of carbonyl (C=O) groups excluding carboxylic acids is 1. The summed E-state index contributed by atoms with van der Waals surface area (Å²) in [6.45, 7) is 0.592. The third-order valence-corrected chi connectivity index (χ3v) is 3.91. The lowest BCUT2D eigenvalue weighted by molar-refractivity contribution is 0.0945. The Bertz CT molecular complexity index is 813. The molecular formula is C20H21N3O2. The third-order valence-electron chi connectivity index (χ3n) is 3.91. The van der Waals surface area contributed by atoms with Crippen molar-refractivity contribution in [1.29, 1.82) is 0 Å². The van der Waals surface area contributed by atoms with Gasteiger partial charge >= 0.3 is 0 Å². The van der Waals surface area contributed by atoms with Gasteiger partial charge in [-0.2, -0.15) is 5.10 Å². The van der Waals surface area contributed by atoms with Gasteiger partial charge in [0.15, 0.2) is 11.4 Å². The lowest BCUT2D eigenvalue weighted by atomic mass is 10.1. The van der Waals surface area contributed by atoms with Crippen molar-refractivity contribution in [2.24, 2.45) is 0 Å². The Hall–Kier alpha value is -3.08. The minimum Gasteiger partial charge on any atom is -0.493 e. The molecule has 0 saturated heterocycles. The smallest absolute Gasteiger partial charge is 0.275 e. The Morgan fingerprint density at radius 2 is 1.76 bits per heavy atom. The maximum atomic E-state index is 12.4. The van der Waals surface area contributed by atoms with Gasteiger partial charge in [-0.05, 0) is 30.5 Å². The number of methoxy groups -OCH3 is 1. The van der Waals surface area contributed by atoms with Crippen molar-refractivity contribution in [1.82, 2.24) is 15.1 Å². The first-order valence-electron chi connectivity index (χ1n) is 8.29. The standard InChI is InChI=1S/C20H21N3O2/c1-25-18-15-23(17-12-6-3-7-13-17)22-19(18)20(24)21-14-8-11-16-9-4-2-5-10-16/h2-7,9-10,12-13,15H,8,11,14H2,1H3,(H,21,24). The van der Waals surface area contributed by atoms with Crippen LogP contribution in [0.4, 0.5) is 0 Å². The number of rotatable bonds is 7. The van der Waals surface area contributed by atoms with E-state index in [0.717, 1.165) is 18.5 Å². The molecule has 0 saturated carbocycles. The minimum atomic E-state index is -0.223. The predicted molar refractivity (Wildman–Crippen MR) is 97.2 cm³/mol. The van der Waals surface area contributed by atoms with Crippen LogP contribution in [0.15, 0.2) is 66.9 Å². The summed E-state index contributed by atoms with van der Waals surface area (Å²) >= 11 is 0. The first-order chi connectivity index (χ1) is 12.3. The summed E-state index contributed by atoms with van der Waals surface area (Å²) in [6, 6.07) is 19.9. The zero-order valence-electron chi connectivity index (χ0n) is 14.2. The number of hydrogen-bond acceptors (Lipinski definition) is 3. The molecule has 0 aliphatic rings. The fourth-order valence-corrected chi connectivity index (χ4v) is 2.60. The molecule has 0 radical (unpaired) electrons. The number of benzene rings is 2. The molecule has 128 valence electrons. The molecule has 1 amide bonds. The number of para-hydroxylation sites is 1. The van der Waals surface area contributed by atoms with Gasteiger partial charge in [-0.3, -0.25) is 4.79 Å². The van der Waals surface area contributed by atoms with Crippen molar-refractivity contribution < 1.29 is 9.53 Å². The summed E-state index contributed by atoms with van der Waals surface area (Å²) in [7, 11) is 1.54. The Kier molecular flexibility index (Phi) is 5.46. The van der Waals surface area contributed by atoms with Crippen molar-refractivity contribution in [2.45, 2.75) is 12.8 Å². The van der Waals surface area contributed by atoms with Crippen molar-refractivity contribution >= 4 is 5.91 Å². The average Bonchev–Trinajstić information content (AvgIpc) is 3.11. The largest absolute Gasteiger partial charge is 0.493 e. The van der Waals surface area contributed by atoms with E-state index in [4.69, 9.17) is 4.74 Å². The van der Waals surface area contributed by atoms with Gasteiger partial charge in [-0.15, -0.1) is 0 Å². The highest BCUT2D eigenvalue weighted by atomic mass is 16.5. The fraction of sp³-hybridized carbons (Fsp3) is 0.200. The van der Waals surface area contributed by atoms with E-state index in [2.05, 4.69) is 22.5 Å². The molecule has 1 N–H and O–H groups in total. The van der Waals surface area contributed by atoms with Crippen LogP contribution in [0, 0.1) is 0 Å². The molecule has 0 unspecified atom stereocenters. The number of carbonyl (C=O) groups is 1. The topological polar surface area (TPSA) is 56.2 Å². The van der Waals surface area contributed by atoms with E-state index in [1.54, 1.807) is 18.0 Å². The summed E-state index contributed by atoms with van der Waals surface area (Å²) in [5.41, 5.74) is 2.44. The average molecular weight is 335 g/mol. The van der Waals surface area contributed by atoms with Gasteiger partial charge in [-0.25, -0.2) is 4.68 Å². The third kappa shape index (κ3) is 4.26. The predicted octanol–water partition coefficient (Wildman–Crippen LogP) is 3.24. The highest BCUT2D eigenvalue weighted by Gasteiger charge is 2.17. The van der Waals surface area contributed by atoms with Crippen LogP contribution in [0.1, 0.15) is 22.5 Å². The Morgan fingerprint density at radius 3 is 2.44 bits per heavy atom. The molecule has 0 spiro atoms. The molecule has 25 heavy (non-hydrogen) atoms. The Morgan fingerprint density at radius 1 is 1.08 bits per heavy atom. The number of amides is 1. The number of hydrogen-bond donors (Lipinski definition) is 1. The van der Waals surface area contributed by atoms with Gasteiger partial charge in [0, 0.05) is 6.54 Å². The van der Waals surface area contributed by atoms with Crippen molar-refractivity contribution in [2.75, 3.05) is 13.7 Å². The van der Waals surface area contributed by atoms with Crippen molar-refractivity contribution in [3.05, 3.63) is 78.1 Å². The highest BCUT2D eigenvalue weighted by molar-refractivity contribution is 5.94. The van der Waals surface area contributed by atoms with Crippen LogP contribution in [-0.4, -0.2) is 29.3 Å². The summed E-state index contributed by atoms with van der Waals surface area (Å²) < 4.78 is 6.95. The molecule has 2 aromatic carbocycles. The van der Waals surface area contributed by atoms with Crippen molar-refractivity contribution in [3.8, 4) is 11.4 Å². The SMILES string of the molecule is COc1cn(-c2ccccc2)nc1C(=O)NCCCc1ccccc1. The quantitative estimate of drug-likeness (QED) is 0.674. The zero-order chi connectivity index (χ0) is 17.5. The number of ether oxygens (including phenoxy) is 1. The maximum absolute atomic E-state index is 12.4. The molecule has 0 aliphatic carbocycles. The lowest BCUT2D eigenvalue weighted by Gasteiger charge is -2.05. The van der Waals surface area contributed by atoms with E-state index in [-0.39, 0.29) is 5.91 Å². The van der Waals surface area contributed by atoms with E-state index < -0.39 is 0 Å². The monoisotopic (exact) mass is 335 g/mol. The molecule has 0 atom stereocenters. The van der Waals surface area contributed by atoms with Gasteiger partial charge in [-0.1, -0.05) is 48.5 Å². The maximum Gasteiger partial charge on any atom is 0.275 e. The van der Waals surface area contributed by atoms with E-state index in [1.807, 2.05) is 48.5 Å². The first-order valence-corrected chi connectivity index (χ1v) is 8.29. The molecule has 0 aliphatic heterocycles. The number of nitrogens with one attached hydrogen (secondary N) is 1. The van der Waals surface area contributed by atoms with Gasteiger partial charge in [0.1, 0.15) is 0 Å². The second-order valence-electron chi connectivity index (χ2n) is 5.67. The second kappa shape index (κ2) is 8.15. The Labute approximate surface area is 147 Å². The van der Waals surface area contributed by atoms with Crippen LogP contribution in [0.5, 0.6) is 5.75 Å². The van der Waals surface area contributed by atoms with Gasteiger partial charge < -0.3 is 10.1 Å². The summed E-state index contributed by atoms with van der Waals surface area (Å²) in [5.74, 6) is 0.240. The molecule has 0 fully saturated rings. The molecule has 3 rings (SSSR count). The van der Waals surface area contributed by atoms with Gasteiger partial charge in [0.05, 0.1) is 19.0 Å². The Balaban J connectivity index is 1.60. The second-order valence-corrected chi connectivity index (χ2v) is 5.67. The van der Waals surface area contributed by atoms with Crippen LogP contribution in [0.25, 0.3) is 5.69 Å². The highest BCUT2D eigenvalue weighted by Crippen LogP contribution is 2.19. The first kappa shape index (κ1) is 16.8. The number of aryl methyl sites for hydroxylation is 1. The van der Waals surface area contributed by atoms with E-state index >= 15 is 0 Å². The molecule has 1 heterocycles. The number of aromatic nitrogens is 2. The zero-order valence-corrected chi connectivity index (χ0v) is 14.2. The van der Waals surface area contributed by atoms with Gasteiger partial charge in [0.2, 0.25) is 0 Å². The van der Waals surface area contributed by atoms with E-state index in [0.29, 0.717) is 18.0 Å². The van der Waals surface area contributed by atoms with Crippen molar-refractivity contribution in [3.63, 3.8) is 0 Å². The molecular weight excluding hydrogens is 314 g/mol. The normalized spacial score (nSPS) is 10.4.